The van der Waals surface area contributed by atoms with E-state index in [1.165, 1.54) is 48.6 Å². The number of allylic oxidation sites excluding steroid dienone is 1. The van der Waals surface area contributed by atoms with Gasteiger partial charge in [-0.25, -0.2) is 0 Å². The second-order valence-corrected chi connectivity index (χ2v) is 8.83. The minimum absolute atomic E-state index is 0.0254. The Morgan fingerprint density at radius 3 is 2.50 bits per heavy atom. The van der Waals surface area contributed by atoms with Crippen LogP contribution in [0.15, 0.2) is 35.2 Å². The highest BCUT2D eigenvalue weighted by atomic mass is 32.2. The molecule has 1 aliphatic carbocycles. The van der Waals surface area contributed by atoms with Gasteiger partial charge < -0.3 is 5.11 Å². The van der Waals surface area contributed by atoms with Crippen LogP contribution in [-0.2, 0) is 9.59 Å². The zero-order chi connectivity index (χ0) is 20.1. The van der Waals surface area contributed by atoms with Gasteiger partial charge in [0.15, 0.2) is 5.78 Å². The van der Waals surface area contributed by atoms with Crippen molar-refractivity contribution >= 4 is 46.0 Å². The van der Waals surface area contributed by atoms with Crippen LogP contribution in [-0.4, -0.2) is 38.5 Å². The summed E-state index contributed by atoms with van der Waals surface area (Å²) in [7, 11) is 0. The Balaban J connectivity index is 1.64. The molecule has 1 aromatic rings. The molecule has 0 radical (unpaired) electrons. The number of ketones is 1. The number of carbonyl (C=O) groups excluding carboxylic acids is 2. The predicted molar refractivity (Wildman–Crippen MR) is 113 cm³/mol. The molecule has 2 fully saturated rings. The van der Waals surface area contributed by atoms with Crippen LogP contribution in [0.4, 0.5) is 0 Å². The molecule has 1 heterocycles. The van der Waals surface area contributed by atoms with Crippen LogP contribution in [0, 0.1) is 0 Å². The van der Waals surface area contributed by atoms with Crippen LogP contribution in [0.3, 0.4) is 0 Å². The van der Waals surface area contributed by atoms with Gasteiger partial charge in [-0.1, -0.05) is 67.5 Å². The van der Waals surface area contributed by atoms with E-state index in [0.29, 0.717) is 27.1 Å². The molecule has 1 aliphatic heterocycles. The second kappa shape index (κ2) is 9.47. The first-order valence-corrected chi connectivity index (χ1v) is 10.8. The smallest absolute Gasteiger partial charge is 0.303 e. The summed E-state index contributed by atoms with van der Waals surface area (Å²) in [6.07, 6.45) is 7.89. The van der Waals surface area contributed by atoms with Crippen LogP contribution in [0.25, 0.3) is 0 Å². The van der Waals surface area contributed by atoms with E-state index in [9.17, 15) is 14.4 Å². The van der Waals surface area contributed by atoms with E-state index in [4.69, 9.17) is 17.3 Å². The molecule has 1 saturated heterocycles. The third-order valence-electron chi connectivity index (χ3n) is 5.18. The number of nitrogens with zero attached hydrogens (tertiary/aromatic N) is 1. The van der Waals surface area contributed by atoms with Crippen LogP contribution < -0.4 is 0 Å². The summed E-state index contributed by atoms with van der Waals surface area (Å²) in [6, 6.07) is 7.70. The fraction of sp³-hybridized carbons (Fsp3) is 0.429. The van der Waals surface area contributed by atoms with E-state index >= 15 is 0 Å². The molecule has 148 valence electrons. The highest BCUT2D eigenvalue weighted by molar-refractivity contribution is 8.26. The van der Waals surface area contributed by atoms with Gasteiger partial charge in [0.1, 0.15) is 4.32 Å². The Kier molecular flexibility index (Phi) is 7.02. The maximum Gasteiger partial charge on any atom is 0.303 e. The van der Waals surface area contributed by atoms with Crippen molar-refractivity contribution in [2.45, 2.75) is 50.9 Å². The van der Waals surface area contributed by atoms with Crippen LogP contribution in [0.2, 0.25) is 0 Å². The number of hydrogen-bond acceptors (Lipinski definition) is 5. The van der Waals surface area contributed by atoms with Gasteiger partial charge in [0, 0.05) is 24.6 Å². The molecular weight excluding hydrogens is 394 g/mol. The molecule has 7 heteroatoms. The van der Waals surface area contributed by atoms with E-state index in [1.54, 1.807) is 0 Å². The zero-order valence-corrected chi connectivity index (χ0v) is 17.2. The summed E-state index contributed by atoms with van der Waals surface area (Å²) >= 11 is 6.29. The molecule has 0 unspecified atom stereocenters. The first-order chi connectivity index (χ1) is 13.5. The number of carboxylic acids is 1. The molecule has 28 heavy (non-hydrogen) atoms. The molecule has 3 rings (SSSR count). The van der Waals surface area contributed by atoms with Crippen LogP contribution in [0.5, 0.6) is 0 Å². The number of carboxylic acid groups (broad SMARTS) is 1. The molecular formula is C21H23NO4S2. The van der Waals surface area contributed by atoms with Gasteiger partial charge in [-0.2, -0.15) is 0 Å². The van der Waals surface area contributed by atoms with Crippen LogP contribution >= 0.6 is 24.0 Å². The standard InChI is InChI=1S/C21H23NO4S2/c23-17(16-10-8-15(9-11-16)14-5-2-1-3-6-14)13-18-20(26)22(21(27)28-18)12-4-7-19(24)25/h8-11,13-14H,1-7,12H2,(H,24,25)/b18-13-. The van der Waals surface area contributed by atoms with Crippen LogP contribution in [0.1, 0.15) is 66.8 Å². The molecule has 1 aromatic carbocycles. The summed E-state index contributed by atoms with van der Waals surface area (Å²) in [5.41, 5.74) is 1.83. The average Bonchev–Trinajstić information content (AvgIpc) is 2.96. The molecule has 1 amide bonds. The summed E-state index contributed by atoms with van der Waals surface area (Å²) < 4.78 is 0.363. The Morgan fingerprint density at radius 2 is 1.86 bits per heavy atom. The lowest BCUT2D eigenvalue weighted by Gasteiger charge is -2.21. The first-order valence-electron chi connectivity index (χ1n) is 9.57. The monoisotopic (exact) mass is 417 g/mol. The number of benzene rings is 1. The Bertz CT molecular complexity index is 810. The van der Waals surface area contributed by atoms with Gasteiger partial charge in [0.2, 0.25) is 0 Å². The first kappa shape index (κ1) is 20.7. The average molecular weight is 418 g/mol. The summed E-state index contributed by atoms with van der Waals surface area (Å²) in [5.74, 6) is -0.874. The zero-order valence-electron chi connectivity index (χ0n) is 15.6. The number of carbonyl (C=O) groups is 3. The number of thioether (sulfide) groups is 1. The third-order valence-corrected chi connectivity index (χ3v) is 6.56. The van der Waals surface area contributed by atoms with Crippen molar-refractivity contribution in [3.63, 3.8) is 0 Å². The molecule has 0 bridgehead atoms. The molecule has 2 aliphatic rings. The number of amides is 1. The lowest BCUT2D eigenvalue weighted by atomic mass is 9.84. The van der Waals surface area contributed by atoms with Gasteiger partial charge in [0.25, 0.3) is 5.91 Å². The number of rotatable bonds is 7. The highest BCUT2D eigenvalue weighted by Crippen LogP contribution is 2.33. The topological polar surface area (TPSA) is 74.7 Å². The van der Waals surface area contributed by atoms with E-state index in [1.807, 2.05) is 24.3 Å². The molecule has 1 saturated carbocycles. The molecule has 1 N–H and O–H groups in total. The van der Waals surface area contributed by atoms with E-state index in [2.05, 4.69) is 0 Å². The predicted octanol–water partition coefficient (Wildman–Crippen LogP) is 4.53. The lowest BCUT2D eigenvalue weighted by Crippen LogP contribution is -2.29. The quantitative estimate of drug-likeness (QED) is 0.399. The lowest BCUT2D eigenvalue weighted by molar-refractivity contribution is -0.137. The van der Waals surface area contributed by atoms with Crippen molar-refractivity contribution in [3.8, 4) is 0 Å². The Morgan fingerprint density at radius 1 is 1.18 bits per heavy atom. The molecule has 0 atom stereocenters. The molecule has 0 aromatic heterocycles. The van der Waals surface area contributed by atoms with Crippen molar-refractivity contribution in [2.24, 2.45) is 0 Å². The van der Waals surface area contributed by atoms with Gasteiger partial charge in [0.05, 0.1) is 4.91 Å². The Labute approximate surface area is 174 Å². The summed E-state index contributed by atoms with van der Waals surface area (Å²) in [5, 5.41) is 8.72. The maximum absolute atomic E-state index is 12.6. The van der Waals surface area contributed by atoms with Crippen molar-refractivity contribution < 1.29 is 19.5 Å². The van der Waals surface area contributed by atoms with Gasteiger partial charge >= 0.3 is 5.97 Å². The SMILES string of the molecule is O=C(O)CCCN1C(=O)/C(=C/C(=O)c2ccc(C3CCCCC3)cc2)SC1=S. The fourth-order valence-corrected chi connectivity index (χ4v) is 4.92. The molecule has 0 spiro atoms. The van der Waals surface area contributed by atoms with Crippen molar-refractivity contribution in [2.75, 3.05) is 6.54 Å². The minimum Gasteiger partial charge on any atom is -0.481 e. The highest BCUT2D eigenvalue weighted by Gasteiger charge is 2.32. The van der Waals surface area contributed by atoms with E-state index in [-0.39, 0.29) is 24.7 Å². The van der Waals surface area contributed by atoms with Crippen molar-refractivity contribution in [1.82, 2.24) is 4.90 Å². The number of thiocarbonyl (C=S) groups is 1. The Hall–Kier alpha value is -1.99. The third kappa shape index (κ3) is 5.08. The summed E-state index contributed by atoms with van der Waals surface area (Å²) in [6.45, 7) is 0.249. The largest absolute Gasteiger partial charge is 0.481 e. The summed E-state index contributed by atoms with van der Waals surface area (Å²) in [4.78, 5) is 37.3. The normalized spacial score (nSPS) is 19.4. The number of hydrogen-bond donors (Lipinski definition) is 1. The van der Waals surface area contributed by atoms with Gasteiger partial charge in [-0.05, 0) is 30.7 Å². The van der Waals surface area contributed by atoms with Crippen molar-refractivity contribution in [1.29, 1.82) is 0 Å². The maximum atomic E-state index is 12.6. The minimum atomic E-state index is -0.909. The second-order valence-electron chi connectivity index (χ2n) is 7.15. The van der Waals surface area contributed by atoms with E-state index in [0.717, 1.165) is 11.8 Å². The number of aliphatic carboxylic acids is 1. The van der Waals surface area contributed by atoms with Crippen molar-refractivity contribution in [3.05, 3.63) is 46.4 Å². The van der Waals surface area contributed by atoms with E-state index < -0.39 is 5.97 Å². The van der Waals surface area contributed by atoms with Gasteiger partial charge in [-0.15, -0.1) is 0 Å². The van der Waals surface area contributed by atoms with Gasteiger partial charge in [-0.3, -0.25) is 19.3 Å². The fourth-order valence-electron chi connectivity index (χ4n) is 3.64. The molecule has 5 nitrogen and oxygen atoms in total.